The number of anilines is 1. The fourth-order valence-electron chi connectivity index (χ4n) is 4.58. The van der Waals surface area contributed by atoms with E-state index in [1.807, 2.05) is 41.1 Å². The molecule has 170 valence electrons. The minimum Gasteiger partial charge on any atom is -0.497 e. The Morgan fingerprint density at radius 3 is 2.66 bits per heavy atom. The molecular weight excluding hydrogens is 406 g/mol. The fraction of sp³-hybridized carbons (Fsp3) is 0.500. The number of methoxy groups -OCH3 is 1. The van der Waals surface area contributed by atoms with Crippen molar-refractivity contribution in [3.63, 3.8) is 0 Å². The van der Waals surface area contributed by atoms with Crippen molar-refractivity contribution >= 4 is 17.6 Å². The molecule has 3 heterocycles. The summed E-state index contributed by atoms with van der Waals surface area (Å²) in [5, 5.41) is 3.18. The zero-order valence-corrected chi connectivity index (χ0v) is 19.1. The van der Waals surface area contributed by atoms with Gasteiger partial charge >= 0.3 is 0 Å². The monoisotopic (exact) mass is 437 g/mol. The Labute approximate surface area is 189 Å². The first-order chi connectivity index (χ1) is 15.5. The molecule has 2 aliphatic rings. The predicted octanol–water partition coefficient (Wildman–Crippen LogP) is 2.73. The summed E-state index contributed by atoms with van der Waals surface area (Å²) in [6.45, 7) is 3.51. The number of ether oxygens (including phenoxy) is 1. The third-order valence-electron chi connectivity index (χ3n) is 6.42. The van der Waals surface area contributed by atoms with Gasteiger partial charge in [0.2, 0.25) is 11.8 Å². The molecule has 8 heteroatoms. The maximum atomic E-state index is 13.1. The van der Waals surface area contributed by atoms with Crippen LogP contribution in [0.1, 0.15) is 54.9 Å². The first-order valence-corrected chi connectivity index (χ1v) is 11.3. The van der Waals surface area contributed by atoms with Crippen molar-refractivity contribution in [3.05, 3.63) is 46.9 Å². The Hall–Kier alpha value is -3.16. The molecule has 0 aliphatic carbocycles. The minimum atomic E-state index is -0.0957. The molecule has 1 saturated heterocycles. The van der Waals surface area contributed by atoms with Gasteiger partial charge in [0.05, 0.1) is 25.4 Å². The number of likely N-dealkylation sites (tertiary alicyclic amines) is 1. The fourth-order valence-corrected chi connectivity index (χ4v) is 4.58. The molecular formula is C24H31N5O3. The van der Waals surface area contributed by atoms with Crippen molar-refractivity contribution in [2.45, 2.75) is 51.6 Å². The van der Waals surface area contributed by atoms with Crippen molar-refractivity contribution in [1.29, 1.82) is 0 Å². The maximum absolute atomic E-state index is 13.1. The van der Waals surface area contributed by atoms with E-state index in [-0.39, 0.29) is 17.9 Å². The molecule has 0 saturated carbocycles. The normalized spacial score (nSPS) is 17.8. The molecule has 0 bridgehead atoms. The van der Waals surface area contributed by atoms with Gasteiger partial charge in [-0.15, -0.1) is 0 Å². The molecule has 1 fully saturated rings. The number of nitrogens with zero attached hydrogens (tertiary/aromatic N) is 4. The van der Waals surface area contributed by atoms with Crippen molar-refractivity contribution in [1.82, 2.24) is 19.8 Å². The van der Waals surface area contributed by atoms with Gasteiger partial charge in [0.15, 0.2) is 5.82 Å². The third-order valence-corrected chi connectivity index (χ3v) is 6.42. The first kappa shape index (κ1) is 22.0. The smallest absolute Gasteiger partial charge is 0.223 e. The molecule has 2 amide bonds. The van der Waals surface area contributed by atoms with Crippen LogP contribution >= 0.6 is 0 Å². The average Bonchev–Trinajstić information content (AvgIpc) is 3.32. The van der Waals surface area contributed by atoms with Crippen LogP contribution in [0.3, 0.4) is 0 Å². The number of nitrogens with one attached hydrogen (secondary N) is 1. The molecule has 1 atom stereocenters. The Morgan fingerprint density at radius 1 is 1.19 bits per heavy atom. The van der Waals surface area contributed by atoms with Crippen LogP contribution < -0.4 is 10.1 Å². The second-order valence-electron chi connectivity index (χ2n) is 8.39. The number of aryl methyl sites for hydroxylation is 1. The van der Waals surface area contributed by atoms with Gasteiger partial charge in [0.25, 0.3) is 0 Å². The SMILES string of the molecule is CNc1nc([C@@H]2CCCN2C(=O)CCc2ccc(OC)cc2)nc2c1CN(C(C)=O)CC2. The highest BCUT2D eigenvalue weighted by atomic mass is 16.5. The van der Waals surface area contributed by atoms with E-state index in [1.165, 1.54) is 0 Å². The van der Waals surface area contributed by atoms with Crippen LogP contribution in [0.4, 0.5) is 5.82 Å². The second-order valence-corrected chi connectivity index (χ2v) is 8.39. The van der Waals surface area contributed by atoms with E-state index in [4.69, 9.17) is 14.7 Å². The zero-order valence-electron chi connectivity index (χ0n) is 19.1. The van der Waals surface area contributed by atoms with Crippen molar-refractivity contribution < 1.29 is 14.3 Å². The van der Waals surface area contributed by atoms with Crippen LogP contribution in [0.15, 0.2) is 24.3 Å². The lowest BCUT2D eigenvalue weighted by molar-refractivity contribution is -0.132. The number of rotatable bonds is 6. The average molecular weight is 438 g/mol. The Kier molecular flexibility index (Phi) is 6.58. The topological polar surface area (TPSA) is 87.7 Å². The molecule has 0 unspecified atom stereocenters. The molecule has 0 radical (unpaired) electrons. The third kappa shape index (κ3) is 4.54. The van der Waals surface area contributed by atoms with Crippen LogP contribution in [0, 0.1) is 0 Å². The van der Waals surface area contributed by atoms with Crippen LogP contribution in [0.5, 0.6) is 5.75 Å². The van der Waals surface area contributed by atoms with E-state index in [1.54, 1.807) is 14.0 Å². The predicted molar refractivity (Wildman–Crippen MR) is 121 cm³/mol. The highest BCUT2D eigenvalue weighted by molar-refractivity contribution is 5.77. The number of hydrogen-bond donors (Lipinski definition) is 1. The maximum Gasteiger partial charge on any atom is 0.223 e. The summed E-state index contributed by atoms with van der Waals surface area (Å²) in [7, 11) is 3.49. The van der Waals surface area contributed by atoms with Crippen LogP contribution in [-0.2, 0) is 29.0 Å². The van der Waals surface area contributed by atoms with Gasteiger partial charge in [-0.05, 0) is 37.0 Å². The van der Waals surface area contributed by atoms with E-state index in [0.717, 1.165) is 47.8 Å². The van der Waals surface area contributed by atoms with E-state index in [2.05, 4.69) is 5.32 Å². The first-order valence-electron chi connectivity index (χ1n) is 11.3. The minimum absolute atomic E-state index is 0.0613. The van der Waals surface area contributed by atoms with Crippen LogP contribution in [-0.4, -0.2) is 58.8 Å². The van der Waals surface area contributed by atoms with E-state index >= 15 is 0 Å². The number of carbonyl (C=O) groups excluding carboxylic acids is 2. The molecule has 2 aromatic rings. The summed E-state index contributed by atoms with van der Waals surface area (Å²) in [6.07, 6.45) is 3.68. The summed E-state index contributed by atoms with van der Waals surface area (Å²) in [5.74, 6) is 2.48. The lowest BCUT2D eigenvalue weighted by atomic mass is 10.0. The molecule has 1 N–H and O–H groups in total. The molecule has 2 aliphatic heterocycles. The molecule has 4 rings (SSSR count). The van der Waals surface area contributed by atoms with Crippen LogP contribution in [0.2, 0.25) is 0 Å². The Morgan fingerprint density at radius 2 is 1.97 bits per heavy atom. The molecule has 32 heavy (non-hydrogen) atoms. The molecule has 1 aromatic heterocycles. The van der Waals surface area contributed by atoms with Crippen molar-refractivity contribution in [2.75, 3.05) is 32.6 Å². The molecule has 0 spiro atoms. The summed E-state index contributed by atoms with van der Waals surface area (Å²) >= 11 is 0. The Balaban J connectivity index is 1.49. The van der Waals surface area contributed by atoms with Gasteiger partial charge in [0.1, 0.15) is 11.6 Å². The lowest BCUT2D eigenvalue weighted by Crippen LogP contribution is -2.36. The highest BCUT2D eigenvalue weighted by Gasteiger charge is 2.33. The summed E-state index contributed by atoms with van der Waals surface area (Å²) in [6, 6.07) is 7.76. The quantitative estimate of drug-likeness (QED) is 0.748. The van der Waals surface area contributed by atoms with Crippen molar-refractivity contribution in [3.8, 4) is 5.75 Å². The van der Waals surface area contributed by atoms with Gasteiger partial charge in [-0.25, -0.2) is 9.97 Å². The number of aromatic nitrogens is 2. The van der Waals surface area contributed by atoms with Gasteiger partial charge in [-0.2, -0.15) is 0 Å². The van der Waals surface area contributed by atoms with Crippen LogP contribution in [0.25, 0.3) is 0 Å². The van der Waals surface area contributed by atoms with E-state index in [9.17, 15) is 9.59 Å². The van der Waals surface area contributed by atoms with Gasteiger partial charge in [-0.1, -0.05) is 12.1 Å². The second kappa shape index (κ2) is 9.54. The number of hydrogen-bond acceptors (Lipinski definition) is 6. The largest absolute Gasteiger partial charge is 0.497 e. The molecule has 1 aromatic carbocycles. The summed E-state index contributed by atoms with van der Waals surface area (Å²) in [5.41, 5.74) is 3.08. The number of carbonyl (C=O) groups is 2. The number of benzene rings is 1. The number of amides is 2. The van der Waals surface area contributed by atoms with E-state index in [0.29, 0.717) is 38.2 Å². The number of fused-ring (bicyclic) bond motifs is 1. The zero-order chi connectivity index (χ0) is 22.7. The lowest BCUT2D eigenvalue weighted by Gasteiger charge is -2.30. The van der Waals surface area contributed by atoms with Crippen molar-refractivity contribution in [2.24, 2.45) is 0 Å². The Bertz CT molecular complexity index is 975. The molecule has 8 nitrogen and oxygen atoms in total. The van der Waals surface area contributed by atoms with Gasteiger partial charge in [0, 0.05) is 45.5 Å². The van der Waals surface area contributed by atoms with E-state index < -0.39 is 0 Å². The summed E-state index contributed by atoms with van der Waals surface area (Å²) in [4.78, 5) is 38.3. The summed E-state index contributed by atoms with van der Waals surface area (Å²) < 4.78 is 5.20. The standard InChI is InChI=1S/C24H31N5O3/c1-16(30)28-14-12-20-19(15-28)23(25-2)27-24(26-20)21-5-4-13-29(21)22(31)11-8-17-6-9-18(32-3)10-7-17/h6-7,9-10,21H,4-5,8,11-15H2,1-3H3,(H,25,26,27)/t21-/m0/s1. The highest BCUT2D eigenvalue weighted by Crippen LogP contribution is 2.33. The van der Waals surface area contributed by atoms with Gasteiger partial charge in [-0.3, -0.25) is 9.59 Å². The van der Waals surface area contributed by atoms with Gasteiger partial charge < -0.3 is 19.9 Å².